The van der Waals surface area contributed by atoms with Crippen molar-refractivity contribution in [3.63, 3.8) is 0 Å². The molecular formula is C14H27ClN4. The molecule has 0 radical (unpaired) electrons. The smallest absolute Gasteiger partial charge is 0.0834 e. The van der Waals surface area contributed by atoms with E-state index in [0.717, 1.165) is 30.2 Å². The van der Waals surface area contributed by atoms with Crippen LogP contribution in [0.25, 0.3) is 0 Å². The van der Waals surface area contributed by atoms with Crippen molar-refractivity contribution in [2.24, 2.45) is 5.41 Å². The maximum Gasteiger partial charge on any atom is 0.0834 e. The van der Waals surface area contributed by atoms with Gasteiger partial charge in [-0.2, -0.15) is 5.10 Å². The highest BCUT2D eigenvalue weighted by Gasteiger charge is 2.24. The van der Waals surface area contributed by atoms with E-state index in [-0.39, 0.29) is 11.5 Å². The molecule has 0 saturated heterocycles. The average Bonchev–Trinajstić information content (AvgIpc) is 2.63. The Morgan fingerprint density at radius 1 is 1.42 bits per heavy atom. The molecule has 0 spiro atoms. The summed E-state index contributed by atoms with van der Waals surface area (Å²) >= 11 is 6.33. The summed E-state index contributed by atoms with van der Waals surface area (Å²) < 4.78 is 2.02. The number of hydrogen-bond donors (Lipinski definition) is 1. The zero-order chi connectivity index (χ0) is 14.6. The second-order valence-corrected chi connectivity index (χ2v) is 6.92. The number of aromatic nitrogens is 2. The predicted octanol–water partition coefficient (Wildman–Crippen LogP) is 2.79. The lowest BCUT2D eigenvalue weighted by atomic mass is 9.87. The van der Waals surface area contributed by atoms with Crippen molar-refractivity contribution in [1.29, 1.82) is 0 Å². The molecule has 1 rings (SSSR count). The van der Waals surface area contributed by atoms with Gasteiger partial charge in [-0.25, -0.2) is 0 Å². The standard InChI is InChI=1S/C14H27ClN4/c1-14(2,3)9-12(16-4)13-11(15)10-17-19(13)8-7-18(5)6/h10,12,16H,7-9H2,1-6H3. The quantitative estimate of drug-likeness (QED) is 0.873. The Kier molecular flexibility index (Phi) is 5.83. The van der Waals surface area contributed by atoms with Crippen LogP contribution in [-0.4, -0.2) is 42.4 Å². The maximum absolute atomic E-state index is 6.33. The second-order valence-electron chi connectivity index (χ2n) is 6.51. The Hall–Kier alpha value is -0.580. The van der Waals surface area contributed by atoms with Crippen molar-refractivity contribution in [2.45, 2.75) is 39.8 Å². The van der Waals surface area contributed by atoms with Gasteiger partial charge >= 0.3 is 0 Å². The maximum atomic E-state index is 6.33. The summed E-state index contributed by atoms with van der Waals surface area (Å²) in [6.45, 7) is 8.54. The van der Waals surface area contributed by atoms with Crippen molar-refractivity contribution in [1.82, 2.24) is 20.0 Å². The van der Waals surface area contributed by atoms with Gasteiger partial charge in [-0.1, -0.05) is 32.4 Å². The van der Waals surface area contributed by atoms with Crippen molar-refractivity contribution < 1.29 is 0 Å². The fourth-order valence-corrected chi connectivity index (χ4v) is 2.41. The van der Waals surface area contributed by atoms with E-state index in [2.05, 4.69) is 50.2 Å². The molecule has 1 aromatic heterocycles. The summed E-state index contributed by atoms with van der Waals surface area (Å²) in [5.74, 6) is 0. The zero-order valence-electron chi connectivity index (χ0n) is 13.0. The van der Waals surface area contributed by atoms with Gasteiger partial charge in [0.05, 0.1) is 29.5 Å². The molecule has 0 bridgehead atoms. The molecule has 1 unspecified atom stereocenters. The monoisotopic (exact) mass is 286 g/mol. The van der Waals surface area contributed by atoms with Crippen LogP contribution in [0.4, 0.5) is 0 Å². The molecule has 0 amide bonds. The summed E-state index contributed by atoms with van der Waals surface area (Å²) in [7, 11) is 6.11. The highest BCUT2D eigenvalue weighted by Crippen LogP contribution is 2.32. The molecule has 0 aliphatic heterocycles. The van der Waals surface area contributed by atoms with Gasteiger partial charge in [-0.3, -0.25) is 4.68 Å². The lowest BCUT2D eigenvalue weighted by molar-refractivity contribution is 0.304. The molecule has 19 heavy (non-hydrogen) atoms. The molecule has 4 nitrogen and oxygen atoms in total. The van der Waals surface area contributed by atoms with Gasteiger partial charge in [0.15, 0.2) is 0 Å². The van der Waals surface area contributed by atoms with Gasteiger partial charge in [-0.05, 0) is 33.0 Å². The number of rotatable bonds is 6. The van der Waals surface area contributed by atoms with Gasteiger partial charge < -0.3 is 10.2 Å². The molecule has 0 aliphatic carbocycles. The van der Waals surface area contributed by atoms with Crippen LogP contribution in [0.2, 0.25) is 5.02 Å². The van der Waals surface area contributed by atoms with Gasteiger partial charge in [0.1, 0.15) is 0 Å². The number of nitrogens with one attached hydrogen (secondary N) is 1. The fourth-order valence-electron chi connectivity index (χ4n) is 2.14. The van der Waals surface area contributed by atoms with Crippen LogP contribution in [-0.2, 0) is 6.54 Å². The molecule has 1 atom stereocenters. The van der Waals surface area contributed by atoms with Crippen molar-refractivity contribution in [3.05, 3.63) is 16.9 Å². The first-order chi connectivity index (χ1) is 8.74. The second kappa shape index (κ2) is 6.73. The van der Waals surface area contributed by atoms with E-state index in [1.807, 2.05) is 11.7 Å². The van der Waals surface area contributed by atoms with Crippen LogP contribution < -0.4 is 5.32 Å². The largest absolute Gasteiger partial charge is 0.312 e. The molecule has 0 aliphatic rings. The van der Waals surface area contributed by atoms with E-state index in [0.29, 0.717) is 0 Å². The normalized spacial score (nSPS) is 14.1. The van der Waals surface area contributed by atoms with E-state index in [1.165, 1.54) is 0 Å². The van der Waals surface area contributed by atoms with Crippen molar-refractivity contribution >= 4 is 11.6 Å². The molecule has 5 heteroatoms. The highest BCUT2D eigenvalue weighted by atomic mass is 35.5. The molecule has 1 N–H and O–H groups in total. The van der Waals surface area contributed by atoms with Crippen LogP contribution in [0.5, 0.6) is 0 Å². The van der Waals surface area contributed by atoms with Crippen LogP contribution in [0.15, 0.2) is 6.20 Å². The SMILES string of the molecule is CNC(CC(C)(C)C)c1c(Cl)cnn1CCN(C)C. The summed E-state index contributed by atoms with van der Waals surface area (Å²) in [4.78, 5) is 2.15. The van der Waals surface area contributed by atoms with E-state index in [9.17, 15) is 0 Å². The Bertz CT molecular complexity index is 393. The van der Waals surface area contributed by atoms with E-state index in [1.54, 1.807) is 6.20 Å². The van der Waals surface area contributed by atoms with Crippen LogP contribution in [0.1, 0.15) is 38.9 Å². The Labute approximate surface area is 122 Å². The third kappa shape index (κ3) is 5.13. The summed E-state index contributed by atoms with van der Waals surface area (Å²) in [6, 6.07) is 0.233. The van der Waals surface area contributed by atoms with E-state index >= 15 is 0 Å². The van der Waals surface area contributed by atoms with Crippen molar-refractivity contribution in [3.8, 4) is 0 Å². The van der Waals surface area contributed by atoms with E-state index in [4.69, 9.17) is 11.6 Å². The number of likely N-dealkylation sites (N-methyl/N-ethyl adjacent to an activating group) is 1. The molecule has 0 saturated carbocycles. The van der Waals surface area contributed by atoms with Gasteiger partial charge in [0, 0.05) is 6.54 Å². The zero-order valence-corrected chi connectivity index (χ0v) is 13.8. The summed E-state index contributed by atoms with van der Waals surface area (Å²) in [5, 5.41) is 8.53. The van der Waals surface area contributed by atoms with Crippen LogP contribution in [0, 0.1) is 5.41 Å². The lowest BCUT2D eigenvalue weighted by Crippen LogP contribution is -2.27. The minimum atomic E-state index is 0.233. The van der Waals surface area contributed by atoms with Gasteiger partial charge in [-0.15, -0.1) is 0 Å². The topological polar surface area (TPSA) is 33.1 Å². The highest BCUT2D eigenvalue weighted by molar-refractivity contribution is 6.31. The fraction of sp³-hybridized carbons (Fsp3) is 0.786. The Morgan fingerprint density at radius 2 is 2.05 bits per heavy atom. The first kappa shape index (κ1) is 16.5. The lowest BCUT2D eigenvalue weighted by Gasteiger charge is -2.27. The number of nitrogens with zero attached hydrogens (tertiary/aromatic N) is 3. The number of halogens is 1. The van der Waals surface area contributed by atoms with Crippen LogP contribution >= 0.6 is 11.6 Å². The Balaban J connectivity index is 2.92. The third-order valence-corrected chi connectivity index (χ3v) is 3.38. The molecule has 1 aromatic rings. The number of hydrogen-bond acceptors (Lipinski definition) is 3. The minimum Gasteiger partial charge on any atom is -0.312 e. The van der Waals surface area contributed by atoms with Gasteiger partial charge in [0.2, 0.25) is 0 Å². The minimum absolute atomic E-state index is 0.233. The average molecular weight is 287 g/mol. The molecule has 0 fully saturated rings. The molecule has 110 valence electrons. The first-order valence-corrected chi connectivity index (χ1v) is 7.15. The first-order valence-electron chi connectivity index (χ1n) is 6.78. The molecule has 0 aromatic carbocycles. The Morgan fingerprint density at radius 3 is 2.53 bits per heavy atom. The van der Waals surface area contributed by atoms with Gasteiger partial charge in [0.25, 0.3) is 0 Å². The summed E-state index contributed by atoms with van der Waals surface area (Å²) in [5.41, 5.74) is 1.34. The molecule has 1 heterocycles. The van der Waals surface area contributed by atoms with E-state index < -0.39 is 0 Å². The van der Waals surface area contributed by atoms with Crippen LogP contribution in [0.3, 0.4) is 0 Å². The molecular weight excluding hydrogens is 260 g/mol. The summed E-state index contributed by atoms with van der Waals surface area (Å²) in [6.07, 6.45) is 2.77. The predicted molar refractivity (Wildman–Crippen MR) is 81.7 cm³/mol. The van der Waals surface area contributed by atoms with Crippen molar-refractivity contribution in [2.75, 3.05) is 27.7 Å². The third-order valence-electron chi connectivity index (χ3n) is 3.09.